The summed E-state index contributed by atoms with van der Waals surface area (Å²) in [4.78, 5) is 39.7. The second-order valence-electron chi connectivity index (χ2n) is 1.67. The maximum atomic E-state index is 9.94. The molecule has 0 unspecified atom stereocenters. The number of halogens is 2. The SMILES string of the molecule is O=P([O-])([O-])C(Cl)(Cl)P(=O)([O-])[O-].[O]=[U+2]=[O].[O]=[U+2]=[O]. The van der Waals surface area contributed by atoms with Gasteiger partial charge in [-0.3, -0.25) is 0 Å². The molecule has 0 fully saturated rings. The van der Waals surface area contributed by atoms with Crippen LogP contribution in [0.1, 0.15) is 0 Å². The Morgan fingerprint density at radius 1 is 0.765 bits per heavy atom. The van der Waals surface area contributed by atoms with Crippen molar-refractivity contribution in [1.29, 1.82) is 0 Å². The fourth-order valence-corrected chi connectivity index (χ4v) is 1.35. The molecule has 0 spiro atoms. The van der Waals surface area contributed by atoms with Crippen LogP contribution in [0.15, 0.2) is 0 Å². The molecule has 0 atom stereocenters. The number of hydrogen-bond acceptors (Lipinski definition) is 10. The summed E-state index contributed by atoms with van der Waals surface area (Å²) in [6.07, 6.45) is 0. The third-order valence-corrected chi connectivity index (χ3v) is 5.93. The second kappa shape index (κ2) is 10.9. The Balaban J connectivity index is -0.000000273. The molecule has 0 aromatic carbocycles. The summed E-state index contributed by atoms with van der Waals surface area (Å²) in [5.41, 5.74) is 0. The summed E-state index contributed by atoms with van der Waals surface area (Å²) in [6.45, 7) is 0. The first-order valence-electron chi connectivity index (χ1n) is 2.74. The van der Waals surface area contributed by atoms with Crippen LogP contribution in [0.25, 0.3) is 0 Å². The van der Waals surface area contributed by atoms with Gasteiger partial charge in [-0.25, -0.2) is 0 Å². The van der Waals surface area contributed by atoms with E-state index in [0.717, 1.165) is 0 Å². The fraction of sp³-hybridized carbons (Fsp3) is 1.00. The summed E-state index contributed by atoms with van der Waals surface area (Å²) in [6, 6.07) is 0. The van der Waals surface area contributed by atoms with Crippen LogP contribution in [-0.2, 0) is 18.1 Å². The van der Waals surface area contributed by atoms with E-state index < -0.39 is 74.6 Å². The van der Waals surface area contributed by atoms with Crippen LogP contribution < -0.4 is 19.6 Å². The summed E-state index contributed by atoms with van der Waals surface area (Å²) in [5.74, 6) is 0. The first kappa shape index (κ1) is 24.2. The van der Waals surface area contributed by atoms with E-state index in [1.54, 1.807) is 0 Å². The standard InChI is InChI=1S/CH4Cl2O6P2.4O.2U/c2-1(3,10(4,5)6)11(7,8)9;;;;;;/h(H2,4,5,6)(H2,7,8,9);;;;;;/q;;;;;2*+2/p-4. The van der Waals surface area contributed by atoms with E-state index >= 15 is 0 Å². The minimum atomic E-state index is -5.85. The summed E-state index contributed by atoms with van der Waals surface area (Å²) in [7, 11) is -11.7. The number of rotatable bonds is 2. The van der Waals surface area contributed by atoms with Crippen molar-refractivity contribution < 1.29 is 93.3 Å². The molecule has 0 rings (SSSR count). The first-order valence-corrected chi connectivity index (χ1v) is 13.4. The average Bonchev–Trinajstić information content (AvgIpc) is 2.02. The summed E-state index contributed by atoms with van der Waals surface area (Å²) < 4.78 is 50.4. The fourth-order valence-electron chi connectivity index (χ4n) is 0.150. The molecule has 0 saturated carbocycles. The molecule has 0 N–H and O–H groups in total. The molecule has 0 aromatic heterocycles. The summed E-state index contributed by atoms with van der Waals surface area (Å²) >= 11 is 3.95. The van der Waals surface area contributed by atoms with Crippen molar-refractivity contribution in [3.05, 3.63) is 0 Å². The molecule has 0 radical (unpaired) electrons. The summed E-state index contributed by atoms with van der Waals surface area (Å²) in [5, 5.41) is 0. The van der Waals surface area contributed by atoms with Crippen LogP contribution in [0.5, 0.6) is 0 Å². The van der Waals surface area contributed by atoms with Gasteiger partial charge in [0.2, 0.25) is 0 Å². The van der Waals surface area contributed by atoms with Crippen LogP contribution in [-0.4, -0.2) is 3.82 Å². The van der Waals surface area contributed by atoms with Crippen molar-refractivity contribution in [2.75, 3.05) is 0 Å². The van der Waals surface area contributed by atoms with Gasteiger partial charge >= 0.3 is 64.6 Å². The Labute approximate surface area is 134 Å². The van der Waals surface area contributed by atoms with Crippen LogP contribution >= 0.6 is 38.4 Å². The van der Waals surface area contributed by atoms with Gasteiger partial charge < -0.3 is 28.7 Å². The Kier molecular flexibility index (Phi) is 15.5. The maximum absolute atomic E-state index is 9.94. The van der Waals surface area contributed by atoms with Crippen molar-refractivity contribution in [2.24, 2.45) is 0 Å². The molecule has 0 aliphatic rings. The molecule has 0 aliphatic carbocycles. The quantitative estimate of drug-likeness (QED) is 0.212. The zero-order chi connectivity index (χ0) is 14.9. The van der Waals surface area contributed by atoms with Gasteiger partial charge in [0.05, 0.1) is 0 Å². The van der Waals surface area contributed by atoms with Crippen LogP contribution in [0.4, 0.5) is 0 Å². The third-order valence-electron chi connectivity index (χ3n) is 0.659. The van der Waals surface area contributed by atoms with Gasteiger partial charge in [-0.15, -0.1) is 0 Å². The number of hydrogen-bond donors (Lipinski definition) is 0. The monoisotopic (exact) mass is 780 g/mol. The van der Waals surface area contributed by atoms with Gasteiger partial charge in [0, 0.05) is 0 Å². The molecule has 0 bridgehead atoms. The van der Waals surface area contributed by atoms with Crippen molar-refractivity contribution in [3.8, 4) is 0 Å². The zero-order valence-corrected chi connectivity index (χ0v) is 18.9. The molecule has 16 heteroatoms. The predicted molar refractivity (Wildman–Crippen MR) is 32.4 cm³/mol. The van der Waals surface area contributed by atoms with E-state index in [2.05, 4.69) is 23.2 Å². The van der Waals surface area contributed by atoms with Crippen molar-refractivity contribution in [2.45, 2.75) is 3.82 Å². The molecule has 17 heavy (non-hydrogen) atoms. The number of alkyl halides is 2. The molecule has 0 saturated heterocycles. The molecule has 0 heterocycles. The van der Waals surface area contributed by atoms with E-state index in [-0.39, 0.29) is 0 Å². The van der Waals surface area contributed by atoms with Gasteiger partial charge in [-0.05, 0) is 15.2 Å². The van der Waals surface area contributed by atoms with E-state index in [1.807, 2.05) is 0 Å². The third kappa shape index (κ3) is 11.7. The molecule has 0 aromatic rings. The molecule has 0 aliphatic heterocycles. The van der Waals surface area contributed by atoms with Crippen LogP contribution in [0, 0.1) is 55.6 Å². The van der Waals surface area contributed by atoms with Gasteiger partial charge in [0.1, 0.15) is 0 Å². The van der Waals surface area contributed by atoms with Gasteiger partial charge in [-0.2, -0.15) is 0 Å². The Hall–Kier alpha value is 2.18. The average molecular weight is 781 g/mol. The Morgan fingerprint density at radius 2 is 0.882 bits per heavy atom. The topological polar surface area (TPSA) is 195 Å². The van der Waals surface area contributed by atoms with E-state index in [1.165, 1.54) is 0 Å². The molecular weight excluding hydrogens is 781 g/mol. The predicted octanol–water partition coefficient (Wildman–Crippen LogP) is -2.57. The molecular formula is CCl2O10P2U2. The van der Waals surface area contributed by atoms with Gasteiger partial charge in [0.15, 0.2) is 3.82 Å². The second-order valence-corrected chi connectivity index (χ2v) is 9.12. The van der Waals surface area contributed by atoms with Crippen molar-refractivity contribution >= 4 is 38.4 Å². The van der Waals surface area contributed by atoms with Crippen molar-refractivity contribution in [3.63, 3.8) is 0 Å². The van der Waals surface area contributed by atoms with Crippen LogP contribution in [0.2, 0.25) is 0 Å². The molecule has 96 valence electrons. The van der Waals surface area contributed by atoms with E-state index in [0.29, 0.717) is 0 Å². The Morgan fingerprint density at radius 3 is 0.882 bits per heavy atom. The minimum absolute atomic E-state index is 2.51. The van der Waals surface area contributed by atoms with Gasteiger partial charge in [-0.1, -0.05) is 23.2 Å². The van der Waals surface area contributed by atoms with Crippen LogP contribution in [0.3, 0.4) is 0 Å². The van der Waals surface area contributed by atoms with E-state index in [9.17, 15) is 28.7 Å². The zero-order valence-electron chi connectivity index (χ0n) is 7.23. The van der Waals surface area contributed by atoms with Crippen molar-refractivity contribution in [1.82, 2.24) is 0 Å². The normalized spacial score (nSPS) is 10.7. The Bertz CT molecular complexity index is 345. The molecule has 0 amide bonds. The molecule has 10 nitrogen and oxygen atoms in total. The first-order chi connectivity index (χ1) is 7.33. The van der Waals surface area contributed by atoms with Gasteiger partial charge in [0.25, 0.3) is 0 Å². The van der Waals surface area contributed by atoms with E-state index in [4.69, 9.17) is 8.94 Å².